The number of carbonyl (C=O) groups is 1. The van der Waals surface area contributed by atoms with Crippen molar-refractivity contribution in [3.63, 3.8) is 0 Å². The number of urea groups is 1. The summed E-state index contributed by atoms with van der Waals surface area (Å²) in [5.41, 5.74) is 7.68. The van der Waals surface area contributed by atoms with Gasteiger partial charge in [-0.2, -0.15) is 5.10 Å². The van der Waals surface area contributed by atoms with Gasteiger partial charge in [0.25, 0.3) is 0 Å². The van der Waals surface area contributed by atoms with Crippen LogP contribution in [-0.2, 0) is 11.3 Å². The third kappa shape index (κ3) is 5.27. The zero-order valence-electron chi connectivity index (χ0n) is 20.6. The van der Waals surface area contributed by atoms with Gasteiger partial charge in [-0.05, 0) is 43.2 Å². The third-order valence-electron chi connectivity index (χ3n) is 6.32. The summed E-state index contributed by atoms with van der Waals surface area (Å²) in [4.78, 5) is 18.6. The van der Waals surface area contributed by atoms with Crippen LogP contribution in [0.15, 0.2) is 42.7 Å². The number of fused-ring (bicyclic) bond motifs is 1. The van der Waals surface area contributed by atoms with Crippen LogP contribution in [0.3, 0.4) is 0 Å². The second-order valence-corrected chi connectivity index (χ2v) is 9.07. The monoisotopic (exact) mass is 525 g/mol. The van der Waals surface area contributed by atoms with Crippen LogP contribution in [0.1, 0.15) is 17.7 Å². The fourth-order valence-corrected chi connectivity index (χ4v) is 4.50. The first-order valence-corrected chi connectivity index (χ1v) is 12.0. The van der Waals surface area contributed by atoms with Gasteiger partial charge in [-0.15, -0.1) is 0 Å². The second kappa shape index (κ2) is 10.7. The minimum absolute atomic E-state index is 0.0670. The SMILES string of the molecule is Cc1ccc(F)c(NC(=O)Nc2cc(F)c(-c3cc(CN4CCCOCC4)n4ncnc(N)c34)cc2F)c1. The Bertz CT molecular complexity index is 1500. The summed E-state index contributed by atoms with van der Waals surface area (Å²) in [6.07, 6.45) is 2.19. The highest BCUT2D eigenvalue weighted by Gasteiger charge is 2.22. The van der Waals surface area contributed by atoms with E-state index in [9.17, 15) is 9.18 Å². The molecular formula is C26H26F3N7O2. The molecule has 0 saturated carbocycles. The van der Waals surface area contributed by atoms with E-state index in [1.165, 1.54) is 18.5 Å². The number of carbonyl (C=O) groups excluding carboxylic acids is 1. The van der Waals surface area contributed by atoms with Crippen molar-refractivity contribution in [2.75, 3.05) is 42.7 Å². The van der Waals surface area contributed by atoms with Crippen LogP contribution in [-0.4, -0.2) is 51.8 Å². The maximum absolute atomic E-state index is 15.4. The van der Waals surface area contributed by atoms with Gasteiger partial charge in [-0.1, -0.05) is 6.07 Å². The number of hydrogen-bond acceptors (Lipinski definition) is 6. The van der Waals surface area contributed by atoms with Crippen LogP contribution >= 0.6 is 0 Å². The summed E-state index contributed by atoms with van der Waals surface area (Å²) in [5.74, 6) is -2.23. The number of rotatable bonds is 5. The average molecular weight is 526 g/mol. The first-order chi connectivity index (χ1) is 18.3. The molecule has 3 heterocycles. The van der Waals surface area contributed by atoms with E-state index in [0.717, 1.165) is 42.9 Å². The predicted octanol–water partition coefficient (Wildman–Crippen LogP) is 4.57. The lowest BCUT2D eigenvalue weighted by Gasteiger charge is -2.18. The molecule has 1 aliphatic heterocycles. The molecule has 9 nitrogen and oxygen atoms in total. The Morgan fingerprint density at radius 1 is 1.00 bits per heavy atom. The molecule has 0 radical (unpaired) electrons. The largest absolute Gasteiger partial charge is 0.382 e. The summed E-state index contributed by atoms with van der Waals surface area (Å²) in [6, 6.07) is 6.81. The van der Waals surface area contributed by atoms with Crippen molar-refractivity contribution in [1.82, 2.24) is 19.5 Å². The van der Waals surface area contributed by atoms with Crippen molar-refractivity contribution in [3.05, 3.63) is 71.4 Å². The number of amides is 2. The summed E-state index contributed by atoms with van der Waals surface area (Å²) in [5, 5.41) is 8.84. The standard InChI is InChI=1S/C26H26F3N7O2/c1-15-3-4-19(27)22(9-15)33-26(37)34-23-12-20(28)17(11-21(23)29)18-10-16(13-35-5-2-7-38-8-6-35)36-24(18)25(30)31-14-32-36/h3-4,9-12,14H,2,5-8,13H2,1H3,(H2,30,31,32)(H2,33,34,37). The number of halogens is 3. The normalized spacial score (nSPS) is 14.4. The number of nitrogens with one attached hydrogen (secondary N) is 2. The van der Waals surface area contributed by atoms with E-state index in [1.54, 1.807) is 23.6 Å². The van der Waals surface area contributed by atoms with Crippen molar-refractivity contribution < 1.29 is 22.7 Å². The molecule has 4 aromatic rings. The van der Waals surface area contributed by atoms with Crippen LogP contribution < -0.4 is 16.4 Å². The van der Waals surface area contributed by atoms with Gasteiger partial charge >= 0.3 is 6.03 Å². The zero-order valence-corrected chi connectivity index (χ0v) is 20.6. The van der Waals surface area contributed by atoms with E-state index in [4.69, 9.17) is 10.5 Å². The minimum atomic E-state index is -0.920. The molecule has 4 N–H and O–H groups in total. The Morgan fingerprint density at radius 2 is 1.79 bits per heavy atom. The first-order valence-electron chi connectivity index (χ1n) is 12.0. The molecule has 2 aromatic heterocycles. The van der Waals surface area contributed by atoms with Crippen LogP contribution in [0.25, 0.3) is 16.6 Å². The lowest BCUT2D eigenvalue weighted by atomic mass is 10.0. The number of nitrogens with zero attached hydrogens (tertiary/aromatic N) is 4. The van der Waals surface area contributed by atoms with Crippen molar-refractivity contribution >= 4 is 28.7 Å². The van der Waals surface area contributed by atoms with E-state index in [-0.39, 0.29) is 17.1 Å². The van der Waals surface area contributed by atoms with Crippen LogP contribution in [0.2, 0.25) is 0 Å². The number of benzene rings is 2. The van der Waals surface area contributed by atoms with Crippen LogP contribution in [0.4, 0.5) is 35.2 Å². The van der Waals surface area contributed by atoms with E-state index in [1.807, 2.05) is 0 Å². The summed E-state index contributed by atoms with van der Waals surface area (Å²) in [6.45, 7) is 5.07. The maximum atomic E-state index is 15.4. The van der Waals surface area contributed by atoms with Crippen molar-refractivity contribution in [1.29, 1.82) is 0 Å². The van der Waals surface area contributed by atoms with Crippen molar-refractivity contribution in [3.8, 4) is 11.1 Å². The Labute approximate surface area is 216 Å². The number of hydrogen-bond donors (Lipinski definition) is 3. The molecule has 0 bridgehead atoms. The Kier molecular flexibility index (Phi) is 7.16. The molecule has 198 valence electrons. The van der Waals surface area contributed by atoms with Gasteiger partial charge in [0.05, 0.1) is 23.7 Å². The van der Waals surface area contributed by atoms with E-state index in [2.05, 4.69) is 25.6 Å². The highest BCUT2D eigenvalue weighted by atomic mass is 19.1. The Hall–Kier alpha value is -4.16. The Morgan fingerprint density at radius 3 is 2.61 bits per heavy atom. The van der Waals surface area contributed by atoms with Crippen molar-refractivity contribution in [2.24, 2.45) is 0 Å². The predicted molar refractivity (Wildman–Crippen MR) is 137 cm³/mol. The fourth-order valence-electron chi connectivity index (χ4n) is 4.50. The lowest BCUT2D eigenvalue weighted by Crippen LogP contribution is -2.26. The molecular weight excluding hydrogens is 499 g/mol. The Balaban J connectivity index is 1.45. The minimum Gasteiger partial charge on any atom is -0.382 e. The second-order valence-electron chi connectivity index (χ2n) is 9.07. The van der Waals surface area contributed by atoms with Gasteiger partial charge in [0.2, 0.25) is 0 Å². The van der Waals surface area contributed by atoms with Gasteiger partial charge in [0.15, 0.2) is 5.82 Å². The molecule has 1 aliphatic rings. The molecule has 2 aromatic carbocycles. The molecule has 0 unspecified atom stereocenters. The lowest BCUT2D eigenvalue weighted by molar-refractivity contribution is 0.140. The van der Waals surface area contributed by atoms with Crippen LogP contribution in [0.5, 0.6) is 0 Å². The summed E-state index contributed by atoms with van der Waals surface area (Å²) in [7, 11) is 0. The van der Waals surface area contributed by atoms with Gasteiger partial charge < -0.3 is 21.1 Å². The number of nitrogens with two attached hydrogens (primary N) is 1. The molecule has 1 saturated heterocycles. The summed E-state index contributed by atoms with van der Waals surface area (Å²) < 4.78 is 51.6. The highest BCUT2D eigenvalue weighted by molar-refractivity contribution is 6.00. The molecule has 0 aliphatic carbocycles. The number of aryl methyl sites for hydroxylation is 1. The van der Waals surface area contributed by atoms with Crippen molar-refractivity contribution in [2.45, 2.75) is 19.9 Å². The molecule has 0 spiro atoms. The first kappa shape index (κ1) is 25.5. The molecule has 1 fully saturated rings. The summed E-state index contributed by atoms with van der Waals surface area (Å²) >= 11 is 0. The molecule has 2 amide bonds. The fraction of sp³-hybridized carbons (Fsp3) is 0.269. The molecule has 0 atom stereocenters. The van der Waals surface area contributed by atoms with E-state index in [0.29, 0.717) is 30.8 Å². The smallest absolute Gasteiger partial charge is 0.323 e. The van der Waals surface area contributed by atoms with Gasteiger partial charge in [0, 0.05) is 43.4 Å². The number of nitrogen functional groups attached to an aromatic ring is 1. The number of anilines is 3. The third-order valence-corrected chi connectivity index (χ3v) is 6.32. The van der Waals surface area contributed by atoms with Crippen LogP contribution in [0, 0.1) is 24.4 Å². The maximum Gasteiger partial charge on any atom is 0.323 e. The van der Waals surface area contributed by atoms with Gasteiger partial charge in [-0.3, -0.25) is 4.90 Å². The van der Waals surface area contributed by atoms with Gasteiger partial charge in [0.1, 0.15) is 29.3 Å². The number of aromatic nitrogens is 3. The quantitative estimate of drug-likeness (QED) is 0.352. The number of ether oxygens (including phenoxy) is 1. The average Bonchev–Trinajstić information content (AvgIpc) is 3.04. The zero-order chi connectivity index (χ0) is 26.8. The topological polar surface area (TPSA) is 110 Å². The highest BCUT2D eigenvalue weighted by Crippen LogP contribution is 2.35. The van der Waals surface area contributed by atoms with E-state index < -0.39 is 29.2 Å². The molecule has 12 heteroatoms. The molecule has 38 heavy (non-hydrogen) atoms. The molecule has 5 rings (SSSR count). The van der Waals surface area contributed by atoms with Gasteiger partial charge in [-0.25, -0.2) is 27.5 Å². The van der Waals surface area contributed by atoms with E-state index >= 15 is 8.78 Å².